The van der Waals surface area contributed by atoms with Crippen LogP contribution in [0.5, 0.6) is 5.75 Å². The number of hydrogen-bond donors (Lipinski definition) is 1. The molecule has 0 radical (unpaired) electrons. The molecule has 0 spiro atoms. The van der Waals surface area contributed by atoms with Crippen molar-refractivity contribution in [2.75, 3.05) is 16.8 Å². The van der Waals surface area contributed by atoms with Crippen molar-refractivity contribution >= 4 is 23.2 Å². The Balaban J connectivity index is 1.52. The van der Waals surface area contributed by atoms with Crippen LogP contribution in [0.2, 0.25) is 0 Å². The third-order valence-corrected chi connectivity index (χ3v) is 5.40. The summed E-state index contributed by atoms with van der Waals surface area (Å²) in [5, 5.41) is 2.93. The molecule has 1 aliphatic heterocycles. The molecule has 0 fully saturated rings. The quantitative estimate of drug-likeness (QED) is 0.618. The fourth-order valence-corrected chi connectivity index (χ4v) is 3.79. The van der Waals surface area contributed by atoms with Gasteiger partial charge in [0, 0.05) is 17.8 Å². The summed E-state index contributed by atoms with van der Waals surface area (Å²) >= 11 is 0. The van der Waals surface area contributed by atoms with E-state index in [1.807, 2.05) is 55.5 Å². The van der Waals surface area contributed by atoms with E-state index in [-0.39, 0.29) is 11.8 Å². The van der Waals surface area contributed by atoms with Crippen molar-refractivity contribution in [3.63, 3.8) is 0 Å². The number of hydrogen-bond acceptors (Lipinski definition) is 3. The maximum absolute atomic E-state index is 12.8. The van der Waals surface area contributed by atoms with Crippen molar-refractivity contribution in [2.24, 2.45) is 0 Å². The molecule has 5 nitrogen and oxygen atoms in total. The first kappa shape index (κ1) is 20.7. The zero-order valence-electron chi connectivity index (χ0n) is 17.8. The Morgan fingerprint density at radius 1 is 1.03 bits per heavy atom. The summed E-state index contributed by atoms with van der Waals surface area (Å²) in [7, 11) is 0. The van der Waals surface area contributed by atoms with Gasteiger partial charge in [0.15, 0.2) is 6.10 Å². The van der Waals surface area contributed by atoms with Crippen LogP contribution in [0, 0.1) is 6.92 Å². The molecule has 1 heterocycles. The second-order valence-electron chi connectivity index (χ2n) is 7.85. The Morgan fingerprint density at radius 2 is 1.84 bits per heavy atom. The van der Waals surface area contributed by atoms with Crippen LogP contribution in [0.1, 0.15) is 34.8 Å². The van der Waals surface area contributed by atoms with Gasteiger partial charge in [-0.15, -0.1) is 0 Å². The van der Waals surface area contributed by atoms with Gasteiger partial charge in [0.25, 0.3) is 11.8 Å². The lowest BCUT2D eigenvalue weighted by Gasteiger charge is -2.33. The summed E-state index contributed by atoms with van der Waals surface area (Å²) in [6.07, 6.45) is 1.19. The fraction of sp³-hybridized carbons (Fsp3) is 0.231. The lowest BCUT2D eigenvalue weighted by atomic mass is 10.1. The van der Waals surface area contributed by atoms with Crippen molar-refractivity contribution in [1.82, 2.24) is 0 Å². The van der Waals surface area contributed by atoms with Gasteiger partial charge in [-0.2, -0.15) is 0 Å². The van der Waals surface area contributed by atoms with Gasteiger partial charge >= 0.3 is 0 Å². The van der Waals surface area contributed by atoms with Crippen LogP contribution in [0.25, 0.3) is 0 Å². The van der Waals surface area contributed by atoms with Crippen molar-refractivity contribution in [3.8, 4) is 5.75 Å². The molecule has 3 aromatic carbocycles. The molecule has 1 atom stereocenters. The molecular formula is C26H26N2O3. The van der Waals surface area contributed by atoms with Crippen LogP contribution in [0.3, 0.4) is 0 Å². The number of rotatable bonds is 6. The maximum atomic E-state index is 12.8. The van der Waals surface area contributed by atoms with E-state index >= 15 is 0 Å². The predicted molar refractivity (Wildman–Crippen MR) is 123 cm³/mol. The predicted octanol–water partition coefficient (Wildman–Crippen LogP) is 4.99. The molecule has 4 rings (SSSR count). The first-order valence-electron chi connectivity index (χ1n) is 10.6. The zero-order chi connectivity index (χ0) is 21.8. The van der Waals surface area contributed by atoms with E-state index < -0.39 is 6.10 Å². The molecular weight excluding hydrogens is 388 g/mol. The number of nitrogens with one attached hydrogen (secondary N) is 1. The summed E-state index contributed by atoms with van der Waals surface area (Å²) in [5.74, 6) is 0.402. The van der Waals surface area contributed by atoms with Crippen molar-refractivity contribution in [3.05, 3.63) is 89.5 Å². The van der Waals surface area contributed by atoms with Gasteiger partial charge in [-0.1, -0.05) is 48.0 Å². The molecule has 158 valence electrons. The van der Waals surface area contributed by atoms with E-state index in [4.69, 9.17) is 4.74 Å². The molecule has 3 aromatic rings. The minimum absolute atomic E-state index is 0.0669. The second-order valence-corrected chi connectivity index (χ2v) is 7.85. The normalized spacial score (nSPS) is 15.2. The van der Waals surface area contributed by atoms with E-state index in [0.717, 1.165) is 18.4 Å². The molecule has 1 N–H and O–H groups in total. The van der Waals surface area contributed by atoms with Crippen molar-refractivity contribution in [1.29, 1.82) is 0 Å². The highest BCUT2D eigenvalue weighted by molar-refractivity contribution is 6.05. The first-order valence-corrected chi connectivity index (χ1v) is 10.6. The standard InChI is InChI=1S/C26H26N2O3/c1-18-8-6-12-21(16-18)25(29)27-22-13-14-24-23(17-22)28(26(30)19(2)31-24)15-7-11-20-9-4-3-5-10-20/h3-6,8-10,12-14,16-17,19H,7,11,15H2,1-2H3,(H,27,29). The Hall–Kier alpha value is -3.60. The van der Waals surface area contributed by atoms with Crippen molar-refractivity contribution in [2.45, 2.75) is 32.8 Å². The fourth-order valence-electron chi connectivity index (χ4n) is 3.79. The topological polar surface area (TPSA) is 58.6 Å². The monoisotopic (exact) mass is 414 g/mol. The summed E-state index contributed by atoms with van der Waals surface area (Å²) in [5.41, 5.74) is 4.19. The Kier molecular flexibility index (Phi) is 6.03. The number of ether oxygens (including phenoxy) is 1. The molecule has 0 saturated carbocycles. The minimum atomic E-state index is -0.531. The first-order chi connectivity index (χ1) is 15.0. The molecule has 2 amide bonds. The average Bonchev–Trinajstić information content (AvgIpc) is 2.77. The highest BCUT2D eigenvalue weighted by Gasteiger charge is 2.31. The van der Waals surface area contributed by atoms with E-state index in [1.54, 1.807) is 24.0 Å². The Bertz CT molecular complexity index is 1090. The molecule has 0 aliphatic carbocycles. The van der Waals surface area contributed by atoms with Crippen LogP contribution in [-0.2, 0) is 11.2 Å². The molecule has 0 saturated heterocycles. The highest BCUT2D eigenvalue weighted by Crippen LogP contribution is 2.36. The molecule has 0 bridgehead atoms. The van der Waals surface area contributed by atoms with Gasteiger partial charge in [-0.25, -0.2) is 0 Å². The van der Waals surface area contributed by atoms with E-state index in [9.17, 15) is 9.59 Å². The van der Waals surface area contributed by atoms with Crippen LogP contribution >= 0.6 is 0 Å². The zero-order valence-corrected chi connectivity index (χ0v) is 17.8. The number of aryl methyl sites for hydroxylation is 2. The van der Waals surface area contributed by atoms with E-state index in [2.05, 4.69) is 17.4 Å². The summed E-state index contributed by atoms with van der Waals surface area (Å²) in [6.45, 7) is 4.31. The molecule has 31 heavy (non-hydrogen) atoms. The maximum Gasteiger partial charge on any atom is 0.267 e. The third-order valence-electron chi connectivity index (χ3n) is 5.40. The molecule has 1 unspecified atom stereocenters. The number of benzene rings is 3. The Labute approximate surface area is 182 Å². The van der Waals surface area contributed by atoms with Gasteiger partial charge < -0.3 is 15.0 Å². The average molecular weight is 415 g/mol. The van der Waals surface area contributed by atoms with Crippen LogP contribution in [-0.4, -0.2) is 24.5 Å². The molecule has 1 aliphatic rings. The van der Waals surface area contributed by atoms with Gasteiger partial charge in [0.05, 0.1) is 5.69 Å². The molecule has 0 aromatic heterocycles. The van der Waals surface area contributed by atoms with Crippen LogP contribution < -0.4 is 15.0 Å². The lowest BCUT2D eigenvalue weighted by molar-refractivity contribution is -0.125. The van der Waals surface area contributed by atoms with Gasteiger partial charge in [0.1, 0.15) is 5.75 Å². The summed E-state index contributed by atoms with van der Waals surface area (Å²) in [6, 6.07) is 23.1. The number of anilines is 2. The smallest absolute Gasteiger partial charge is 0.267 e. The number of carbonyl (C=O) groups is 2. The van der Waals surface area contributed by atoms with E-state index in [1.165, 1.54) is 5.56 Å². The van der Waals surface area contributed by atoms with Gasteiger partial charge in [0.2, 0.25) is 0 Å². The lowest BCUT2D eigenvalue weighted by Crippen LogP contribution is -2.45. The Morgan fingerprint density at radius 3 is 2.61 bits per heavy atom. The highest BCUT2D eigenvalue weighted by atomic mass is 16.5. The van der Waals surface area contributed by atoms with Gasteiger partial charge in [-0.3, -0.25) is 9.59 Å². The molecule has 5 heteroatoms. The second kappa shape index (κ2) is 9.04. The summed E-state index contributed by atoms with van der Waals surface area (Å²) < 4.78 is 5.80. The van der Waals surface area contributed by atoms with Crippen LogP contribution in [0.15, 0.2) is 72.8 Å². The number of carbonyl (C=O) groups excluding carboxylic acids is 2. The summed E-state index contributed by atoms with van der Waals surface area (Å²) in [4.78, 5) is 27.2. The third kappa shape index (κ3) is 4.77. The number of fused-ring (bicyclic) bond motifs is 1. The number of amides is 2. The van der Waals surface area contributed by atoms with E-state index in [0.29, 0.717) is 29.2 Å². The van der Waals surface area contributed by atoms with Crippen LogP contribution in [0.4, 0.5) is 11.4 Å². The minimum Gasteiger partial charge on any atom is -0.479 e. The number of nitrogens with zero attached hydrogens (tertiary/aromatic N) is 1. The van der Waals surface area contributed by atoms with Gasteiger partial charge in [-0.05, 0) is 62.6 Å². The SMILES string of the molecule is Cc1cccc(C(=O)Nc2ccc3c(c2)N(CCCc2ccccc2)C(=O)C(C)O3)c1. The largest absolute Gasteiger partial charge is 0.479 e. The van der Waals surface area contributed by atoms with Crippen molar-refractivity contribution < 1.29 is 14.3 Å².